The Labute approximate surface area is 218 Å². The molecule has 1 aromatic carbocycles. The van der Waals surface area contributed by atoms with E-state index in [1.807, 2.05) is 6.92 Å². The van der Waals surface area contributed by atoms with Gasteiger partial charge in [-0.25, -0.2) is 9.78 Å². The first-order valence-electron chi connectivity index (χ1n) is 13.3. The van der Waals surface area contributed by atoms with Gasteiger partial charge >= 0.3 is 6.09 Å². The van der Waals surface area contributed by atoms with E-state index in [1.54, 1.807) is 6.20 Å². The second-order valence-corrected chi connectivity index (χ2v) is 10.3. The lowest BCUT2D eigenvalue weighted by atomic mass is 9.97. The van der Waals surface area contributed by atoms with E-state index in [-0.39, 0.29) is 30.7 Å². The number of aromatic nitrogens is 2. The Bertz CT molecular complexity index is 1150. The number of likely N-dealkylation sites (tertiary alicyclic amines) is 1. The predicted molar refractivity (Wildman–Crippen MR) is 142 cm³/mol. The van der Waals surface area contributed by atoms with Crippen molar-refractivity contribution in [1.29, 1.82) is 0 Å². The van der Waals surface area contributed by atoms with Crippen LogP contribution in [0.3, 0.4) is 0 Å². The Hall–Kier alpha value is -3.46. The number of nitrogens with one attached hydrogen (secondary N) is 2. The van der Waals surface area contributed by atoms with Gasteiger partial charge in [-0.2, -0.15) is 4.98 Å². The molecule has 9 nitrogen and oxygen atoms in total. The second-order valence-electron chi connectivity index (χ2n) is 10.3. The van der Waals surface area contributed by atoms with Crippen LogP contribution in [0.1, 0.15) is 68.3 Å². The zero-order valence-electron chi connectivity index (χ0n) is 21.7. The SMILES string of the molecule is C=CC(=O)N[C@H]1CCN(C(CC2CC2)c2ccc([C@H](C)Nc3ncc4c(n3)N(CC)C(=O)OC4)cc2)C1. The zero-order chi connectivity index (χ0) is 25.9. The highest BCUT2D eigenvalue weighted by molar-refractivity contribution is 5.89. The molecular formula is C28H36N6O3. The van der Waals surface area contributed by atoms with Crippen molar-refractivity contribution >= 4 is 23.8 Å². The molecule has 0 bridgehead atoms. The first kappa shape index (κ1) is 25.2. The summed E-state index contributed by atoms with van der Waals surface area (Å²) < 4.78 is 5.18. The van der Waals surface area contributed by atoms with Crippen molar-refractivity contribution in [2.24, 2.45) is 5.92 Å². The minimum atomic E-state index is -0.378. The number of amides is 2. The van der Waals surface area contributed by atoms with Crippen molar-refractivity contribution in [3.05, 3.63) is 59.8 Å². The van der Waals surface area contributed by atoms with E-state index in [0.29, 0.717) is 24.4 Å². The molecule has 1 saturated heterocycles. The molecule has 196 valence electrons. The number of hydrogen-bond donors (Lipinski definition) is 2. The molecule has 9 heteroatoms. The summed E-state index contributed by atoms with van der Waals surface area (Å²) in [5, 5.41) is 6.45. The molecule has 2 N–H and O–H groups in total. The van der Waals surface area contributed by atoms with E-state index in [9.17, 15) is 9.59 Å². The van der Waals surface area contributed by atoms with Gasteiger partial charge in [0.15, 0.2) is 0 Å². The molecule has 1 unspecified atom stereocenters. The Kier molecular flexibility index (Phi) is 7.41. The van der Waals surface area contributed by atoms with Crippen LogP contribution in [0.15, 0.2) is 43.1 Å². The summed E-state index contributed by atoms with van der Waals surface area (Å²) in [7, 11) is 0. The van der Waals surface area contributed by atoms with Crippen molar-refractivity contribution < 1.29 is 14.3 Å². The molecule has 0 spiro atoms. The quantitative estimate of drug-likeness (QED) is 0.464. The minimum absolute atomic E-state index is 0.00937. The van der Waals surface area contributed by atoms with Gasteiger partial charge in [-0.1, -0.05) is 43.7 Å². The zero-order valence-corrected chi connectivity index (χ0v) is 21.7. The van der Waals surface area contributed by atoms with Crippen LogP contribution in [-0.4, -0.2) is 52.5 Å². The lowest BCUT2D eigenvalue weighted by Gasteiger charge is -2.29. The summed E-state index contributed by atoms with van der Waals surface area (Å²) in [5.41, 5.74) is 3.26. The summed E-state index contributed by atoms with van der Waals surface area (Å²) in [5.74, 6) is 1.80. The second kappa shape index (κ2) is 10.9. The van der Waals surface area contributed by atoms with Crippen molar-refractivity contribution in [2.75, 3.05) is 29.9 Å². The van der Waals surface area contributed by atoms with Crippen LogP contribution in [0, 0.1) is 5.92 Å². The van der Waals surface area contributed by atoms with E-state index < -0.39 is 0 Å². The number of rotatable bonds is 10. The van der Waals surface area contributed by atoms with Crippen LogP contribution in [0.2, 0.25) is 0 Å². The number of hydrogen-bond acceptors (Lipinski definition) is 7. The lowest BCUT2D eigenvalue weighted by molar-refractivity contribution is -0.117. The van der Waals surface area contributed by atoms with Crippen molar-refractivity contribution in [3.8, 4) is 0 Å². The smallest absolute Gasteiger partial charge is 0.415 e. The lowest BCUT2D eigenvalue weighted by Crippen LogP contribution is -2.37. The summed E-state index contributed by atoms with van der Waals surface area (Å²) in [6.07, 6.45) is 7.45. The van der Waals surface area contributed by atoms with Crippen LogP contribution in [0.25, 0.3) is 0 Å². The maximum atomic E-state index is 12.1. The van der Waals surface area contributed by atoms with Gasteiger partial charge in [-0.15, -0.1) is 0 Å². The van der Waals surface area contributed by atoms with E-state index in [4.69, 9.17) is 4.74 Å². The Balaban J connectivity index is 1.26. The summed E-state index contributed by atoms with van der Waals surface area (Å²) >= 11 is 0. The third-order valence-electron chi connectivity index (χ3n) is 7.60. The molecule has 1 aromatic heterocycles. The monoisotopic (exact) mass is 504 g/mol. The Morgan fingerprint density at radius 1 is 1.24 bits per heavy atom. The largest absolute Gasteiger partial charge is 0.444 e. The molecule has 2 amide bonds. The normalized spacial score (nSPS) is 21.1. The van der Waals surface area contributed by atoms with Gasteiger partial charge < -0.3 is 15.4 Å². The van der Waals surface area contributed by atoms with Gasteiger partial charge in [-0.3, -0.25) is 14.6 Å². The number of cyclic esters (lactones) is 1. The highest BCUT2D eigenvalue weighted by Gasteiger charge is 2.34. The van der Waals surface area contributed by atoms with Gasteiger partial charge in [0.05, 0.1) is 11.6 Å². The molecule has 3 heterocycles. The molecule has 2 aromatic rings. The standard InChI is InChI=1S/C28H36N6O3/c1-4-25(35)31-23-12-13-33(16-23)24(14-19-6-7-19)21-10-8-20(9-11-21)18(3)30-27-29-15-22-17-37-28(36)34(5-2)26(22)32-27/h4,8-11,15,18-19,23-24H,1,5-7,12-14,16-17H2,2-3H3,(H,31,35)(H,29,30,32)/t18-,23-,24?/m0/s1. The molecule has 2 aliphatic heterocycles. The first-order valence-corrected chi connectivity index (χ1v) is 13.3. The van der Waals surface area contributed by atoms with Crippen molar-refractivity contribution in [3.63, 3.8) is 0 Å². The third kappa shape index (κ3) is 5.77. The molecule has 2 fully saturated rings. The number of carbonyl (C=O) groups is 2. The van der Waals surface area contributed by atoms with Gasteiger partial charge in [0.1, 0.15) is 12.4 Å². The molecule has 37 heavy (non-hydrogen) atoms. The van der Waals surface area contributed by atoms with Crippen LogP contribution < -0.4 is 15.5 Å². The fourth-order valence-corrected chi connectivity index (χ4v) is 5.28. The van der Waals surface area contributed by atoms with Crippen LogP contribution in [-0.2, 0) is 16.1 Å². The first-order chi connectivity index (χ1) is 17.9. The van der Waals surface area contributed by atoms with Gasteiger partial charge in [0.25, 0.3) is 0 Å². The molecular weight excluding hydrogens is 468 g/mol. The number of benzene rings is 1. The average Bonchev–Trinajstić information content (AvgIpc) is 3.63. The van der Waals surface area contributed by atoms with Crippen molar-refractivity contribution in [1.82, 2.24) is 20.2 Å². The average molecular weight is 505 g/mol. The number of anilines is 2. The van der Waals surface area contributed by atoms with Gasteiger partial charge in [0.2, 0.25) is 11.9 Å². The third-order valence-corrected chi connectivity index (χ3v) is 7.60. The van der Waals surface area contributed by atoms with Crippen LogP contribution in [0.4, 0.5) is 16.6 Å². The Morgan fingerprint density at radius 3 is 2.70 bits per heavy atom. The molecule has 1 aliphatic carbocycles. The Morgan fingerprint density at radius 2 is 2.00 bits per heavy atom. The fraction of sp³-hybridized carbons (Fsp3) is 0.500. The highest BCUT2D eigenvalue weighted by atomic mass is 16.6. The highest BCUT2D eigenvalue weighted by Crippen LogP contribution is 2.41. The van der Waals surface area contributed by atoms with E-state index >= 15 is 0 Å². The van der Waals surface area contributed by atoms with E-state index in [0.717, 1.165) is 43.0 Å². The summed E-state index contributed by atoms with van der Waals surface area (Å²) in [6, 6.07) is 9.35. The van der Waals surface area contributed by atoms with Crippen molar-refractivity contribution in [2.45, 2.75) is 64.3 Å². The molecule has 5 rings (SSSR count). The van der Waals surface area contributed by atoms with E-state index in [2.05, 4.69) is 63.3 Å². The molecule has 3 aliphatic rings. The number of nitrogens with zero attached hydrogens (tertiary/aromatic N) is 4. The topological polar surface area (TPSA) is 99.7 Å². The minimum Gasteiger partial charge on any atom is -0.444 e. The number of carbonyl (C=O) groups excluding carboxylic acids is 2. The molecule has 0 radical (unpaired) electrons. The summed E-state index contributed by atoms with van der Waals surface area (Å²) in [6.45, 7) is 10.1. The molecule has 3 atom stereocenters. The van der Waals surface area contributed by atoms with Crippen LogP contribution in [0.5, 0.6) is 0 Å². The molecule has 1 saturated carbocycles. The van der Waals surface area contributed by atoms with Gasteiger partial charge in [0, 0.05) is 37.9 Å². The maximum Gasteiger partial charge on any atom is 0.415 e. The fourth-order valence-electron chi connectivity index (χ4n) is 5.28. The van der Waals surface area contributed by atoms with Crippen LogP contribution >= 0.6 is 0 Å². The predicted octanol–water partition coefficient (Wildman–Crippen LogP) is 4.34. The summed E-state index contributed by atoms with van der Waals surface area (Å²) in [4.78, 5) is 36.9. The number of ether oxygens (including phenoxy) is 1. The van der Waals surface area contributed by atoms with Gasteiger partial charge in [-0.05, 0) is 49.8 Å². The number of fused-ring (bicyclic) bond motifs is 1. The maximum absolute atomic E-state index is 12.1. The van der Waals surface area contributed by atoms with E-state index in [1.165, 1.54) is 29.4 Å².